The Labute approximate surface area is 201 Å². The number of nitro groups is 1. The van der Waals surface area contributed by atoms with E-state index in [0.717, 1.165) is 6.21 Å². The number of amides is 1. The molecule has 0 saturated heterocycles. The van der Waals surface area contributed by atoms with Gasteiger partial charge in [0.1, 0.15) is 11.4 Å². The number of hydrogen-bond donors (Lipinski definition) is 2. The molecule has 0 atom stereocenters. The Hall–Kier alpha value is -4.85. The number of aromatic nitrogens is 5. The van der Waals surface area contributed by atoms with Gasteiger partial charge < -0.3 is 10.5 Å². The van der Waals surface area contributed by atoms with Crippen molar-refractivity contribution in [2.45, 2.75) is 6.92 Å². The van der Waals surface area contributed by atoms with Gasteiger partial charge in [-0.1, -0.05) is 35.0 Å². The number of nitrogens with one attached hydrogen (secondary N) is 1. The molecule has 0 saturated carbocycles. The molecule has 1 amide bonds. The van der Waals surface area contributed by atoms with Crippen molar-refractivity contribution in [3.8, 4) is 22.8 Å². The van der Waals surface area contributed by atoms with Gasteiger partial charge in [0.15, 0.2) is 5.69 Å². The normalized spacial score (nSPS) is 11.0. The number of hydrogen-bond acceptors (Lipinski definition) is 11. The van der Waals surface area contributed by atoms with Gasteiger partial charge in [-0.2, -0.15) is 9.78 Å². The number of nitrogen functional groups attached to an aromatic ring is 1. The van der Waals surface area contributed by atoms with Crippen LogP contribution in [0.25, 0.3) is 17.1 Å². The zero-order chi connectivity index (χ0) is 24.9. The number of nitro benzene ring substituents is 1. The van der Waals surface area contributed by atoms with Gasteiger partial charge in [0.25, 0.3) is 11.6 Å². The SMILES string of the molecule is CCOc1cccc(-c2c(C(=O)N/N=C/c3c(Cl)cccc3[N+](=O)[O-])nnn2-c2nonc2N)c1. The first kappa shape index (κ1) is 23.3. The van der Waals surface area contributed by atoms with Gasteiger partial charge in [0, 0.05) is 11.6 Å². The van der Waals surface area contributed by atoms with Gasteiger partial charge >= 0.3 is 0 Å². The summed E-state index contributed by atoms with van der Waals surface area (Å²) in [5.74, 6) is -0.287. The van der Waals surface area contributed by atoms with E-state index in [1.54, 1.807) is 24.3 Å². The Morgan fingerprint density at radius 1 is 1.34 bits per heavy atom. The Morgan fingerprint density at radius 3 is 2.86 bits per heavy atom. The van der Waals surface area contributed by atoms with Crippen molar-refractivity contribution >= 4 is 35.2 Å². The molecule has 0 radical (unpaired) electrons. The maximum Gasteiger partial charge on any atom is 0.294 e. The second-order valence-electron chi connectivity index (χ2n) is 6.76. The standard InChI is InChI=1S/C20H16ClN9O5/c1-2-34-12-6-3-5-11(9-12)17-16(24-28-29(17)19-18(22)26-35-27-19)20(31)25-23-10-13-14(21)7-4-8-15(13)30(32)33/h3-10H,2H2,1H3,(H2,22,26)(H,25,31)/b23-10+. The van der Waals surface area contributed by atoms with Crippen molar-refractivity contribution in [3.63, 3.8) is 0 Å². The van der Waals surface area contributed by atoms with Crippen molar-refractivity contribution in [1.29, 1.82) is 0 Å². The molecule has 2 aromatic carbocycles. The molecule has 4 aromatic rings. The third-order valence-corrected chi connectivity index (χ3v) is 4.92. The topological polar surface area (TPSA) is 189 Å². The van der Waals surface area contributed by atoms with Crippen LogP contribution < -0.4 is 15.9 Å². The lowest BCUT2D eigenvalue weighted by atomic mass is 10.1. The number of carbonyl (C=O) groups excluding carboxylic acids is 1. The predicted molar refractivity (Wildman–Crippen MR) is 123 cm³/mol. The number of nitrogens with zero attached hydrogens (tertiary/aromatic N) is 7. The minimum Gasteiger partial charge on any atom is -0.494 e. The molecule has 35 heavy (non-hydrogen) atoms. The first-order valence-corrected chi connectivity index (χ1v) is 10.3. The number of benzene rings is 2. The number of halogens is 1. The Bertz CT molecular complexity index is 1430. The van der Waals surface area contributed by atoms with Crippen LogP contribution in [0.15, 0.2) is 52.2 Å². The Kier molecular flexibility index (Phi) is 6.64. The lowest BCUT2D eigenvalue weighted by molar-refractivity contribution is -0.385. The fraction of sp³-hybridized carbons (Fsp3) is 0.100. The molecular weight excluding hydrogens is 482 g/mol. The van der Waals surface area contributed by atoms with E-state index in [1.807, 2.05) is 6.92 Å². The molecule has 0 bridgehead atoms. The van der Waals surface area contributed by atoms with Gasteiger partial charge in [0.05, 0.1) is 28.3 Å². The highest BCUT2D eigenvalue weighted by atomic mass is 35.5. The summed E-state index contributed by atoms with van der Waals surface area (Å²) in [4.78, 5) is 23.6. The largest absolute Gasteiger partial charge is 0.494 e. The summed E-state index contributed by atoms with van der Waals surface area (Å²) in [7, 11) is 0. The molecule has 3 N–H and O–H groups in total. The van der Waals surface area contributed by atoms with E-state index in [1.165, 1.54) is 22.9 Å². The minimum absolute atomic E-state index is 0.0172. The summed E-state index contributed by atoms with van der Waals surface area (Å²) in [6, 6.07) is 11.0. The highest BCUT2D eigenvalue weighted by molar-refractivity contribution is 6.33. The second kappa shape index (κ2) is 9.96. The molecular formula is C20H16ClN9O5. The van der Waals surface area contributed by atoms with Gasteiger partial charge in [-0.3, -0.25) is 14.9 Å². The molecule has 4 rings (SSSR count). The van der Waals surface area contributed by atoms with Crippen LogP contribution in [-0.2, 0) is 0 Å². The predicted octanol–water partition coefficient (Wildman–Crippen LogP) is 2.62. The van der Waals surface area contributed by atoms with E-state index in [-0.39, 0.29) is 39.3 Å². The maximum atomic E-state index is 13.0. The molecule has 0 aliphatic heterocycles. The summed E-state index contributed by atoms with van der Waals surface area (Å²) >= 11 is 6.05. The summed E-state index contributed by atoms with van der Waals surface area (Å²) in [5.41, 5.74) is 8.38. The molecule has 0 fully saturated rings. The quantitative estimate of drug-likeness (QED) is 0.208. The molecule has 0 aliphatic rings. The van der Waals surface area contributed by atoms with Crippen molar-refractivity contribution < 1.29 is 19.1 Å². The minimum atomic E-state index is -0.769. The fourth-order valence-corrected chi connectivity index (χ4v) is 3.32. The molecule has 178 valence electrons. The van der Waals surface area contributed by atoms with Crippen LogP contribution in [0.3, 0.4) is 0 Å². The van der Waals surface area contributed by atoms with Crippen molar-refractivity contribution in [2.24, 2.45) is 5.10 Å². The second-order valence-corrected chi connectivity index (χ2v) is 7.17. The smallest absolute Gasteiger partial charge is 0.294 e. The van der Waals surface area contributed by atoms with Crippen LogP contribution >= 0.6 is 11.6 Å². The first-order valence-electron chi connectivity index (χ1n) is 9.94. The summed E-state index contributed by atoms with van der Waals surface area (Å²) in [6.45, 7) is 2.26. The van der Waals surface area contributed by atoms with E-state index in [2.05, 4.69) is 35.8 Å². The fourth-order valence-electron chi connectivity index (χ4n) is 3.10. The zero-order valence-electron chi connectivity index (χ0n) is 18.0. The number of anilines is 1. The van der Waals surface area contributed by atoms with Crippen LogP contribution in [0, 0.1) is 10.1 Å². The van der Waals surface area contributed by atoms with E-state index < -0.39 is 10.8 Å². The lowest BCUT2D eigenvalue weighted by Crippen LogP contribution is -2.19. The molecule has 0 aliphatic carbocycles. The van der Waals surface area contributed by atoms with Crippen molar-refractivity contribution in [3.05, 3.63) is 68.9 Å². The van der Waals surface area contributed by atoms with Crippen molar-refractivity contribution in [1.82, 2.24) is 30.7 Å². The molecule has 2 heterocycles. The van der Waals surface area contributed by atoms with Gasteiger partial charge in [-0.05, 0) is 35.4 Å². The van der Waals surface area contributed by atoms with Crippen LogP contribution in [0.2, 0.25) is 5.02 Å². The first-order chi connectivity index (χ1) is 16.9. The third kappa shape index (κ3) is 4.77. The number of hydrazone groups is 1. The van der Waals surface area contributed by atoms with Gasteiger partial charge in [-0.25, -0.2) is 10.1 Å². The number of ether oxygens (including phenoxy) is 1. The zero-order valence-corrected chi connectivity index (χ0v) is 18.7. The molecule has 0 unspecified atom stereocenters. The van der Waals surface area contributed by atoms with Crippen LogP contribution in [0.5, 0.6) is 5.75 Å². The van der Waals surface area contributed by atoms with Crippen LogP contribution in [0.4, 0.5) is 11.5 Å². The van der Waals surface area contributed by atoms with Crippen LogP contribution in [-0.4, -0.2) is 49.0 Å². The monoisotopic (exact) mass is 497 g/mol. The highest BCUT2D eigenvalue weighted by Crippen LogP contribution is 2.29. The van der Waals surface area contributed by atoms with E-state index in [9.17, 15) is 14.9 Å². The third-order valence-electron chi connectivity index (χ3n) is 4.59. The Morgan fingerprint density at radius 2 is 2.14 bits per heavy atom. The molecule has 2 aromatic heterocycles. The molecule has 0 spiro atoms. The number of rotatable bonds is 8. The van der Waals surface area contributed by atoms with E-state index in [0.29, 0.717) is 17.9 Å². The highest BCUT2D eigenvalue weighted by Gasteiger charge is 2.25. The number of carbonyl (C=O) groups is 1. The summed E-state index contributed by atoms with van der Waals surface area (Å²) in [6.07, 6.45) is 1.07. The summed E-state index contributed by atoms with van der Waals surface area (Å²) < 4.78 is 11.4. The van der Waals surface area contributed by atoms with E-state index >= 15 is 0 Å². The lowest BCUT2D eigenvalue weighted by Gasteiger charge is -2.08. The van der Waals surface area contributed by atoms with Crippen LogP contribution in [0.1, 0.15) is 23.0 Å². The Balaban J connectivity index is 1.72. The number of nitrogens with two attached hydrogens (primary N) is 1. The van der Waals surface area contributed by atoms with Gasteiger partial charge in [0.2, 0.25) is 11.6 Å². The van der Waals surface area contributed by atoms with Gasteiger partial charge in [-0.15, -0.1) is 5.10 Å². The summed E-state index contributed by atoms with van der Waals surface area (Å²) in [5, 5.41) is 30.3. The van der Waals surface area contributed by atoms with E-state index in [4.69, 9.17) is 22.1 Å². The van der Waals surface area contributed by atoms with Crippen molar-refractivity contribution in [2.75, 3.05) is 12.3 Å². The maximum absolute atomic E-state index is 13.0. The average molecular weight is 498 g/mol. The molecule has 14 nitrogen and oxygen atoms in total. The molecule has 15 heteroatoms. The average Bonchev–Trinajstić information content (AvgIpc) is 3.46.